The summed E-state index contributed by atoms with van der Waals surface area (Å²) in [6, 6.07) is 0. The highest BCUT2D eigenvalue weighted by Crippen LogP contribution is 2.48. The van der Waals surface area contributed by atoms with Gasteiger partial charge in [0.25, 0.3) is 0 Å². The second-order valence-corrected chi connectivity index (χ2v) is 3.79. The van der Waals surface area contributed by atoms with E-state index in [0.29, 0.717) is 19.3 Å². The zero-order chi connectivity index (χ0) is 13.7. The SMILES string of the molecule is [CH2]CCCCCCC(F)(F)C(F)(F)C(F)(F)F. The fraction of sp³-hybridized carbons (Fsp3) is 0.900. The van der Waals surface area contributed by atoms with Crippen molar-refractivity contribution >= 4 is 0 Å². The molecule has 0 spiro atoms. The molecule has 7 heteroatoms. The quantitative estimate of drug-likeness (QED) is 0.450. The summed E-state index contributed by atoms with van der Waals surface area (Å²) < 4.78 is 85.4. The number of halogens is 7. The second-order valence-electron chi connectivity index (χ2n) is 3.79. The molecule has 103 valence electrons. The first-order valence-electron chi connectivity index (χ1n) is 5.18. The molecule has 0 amide bonds. The Labute approximate surface area is 95.2 Å². The summed E-state index contributed by atoms with van der Waals surface area (Å²) in [7, 11) is 0. The van der Waals surface area contributed by atoms with Gasteiger partial charge in [0.15, 0.2) is 0 Å². The lowest BCUT2D eigenvalue weighted by atomic mass is 10.0. The van der Waals surface area contributed by atoms with E-state index in [-0.39, 0.29) is 12.8 Å². The molecule has 0 saturated heterocycles. The van der Waals surface area contributed by atoms with Crippen molar-refractivity contribution in [3.8, 4) is 0 Å². The van der Waals surface area contributed by atoms with Gasteiger partial charge in [-0.2, -0.15) is 30.7 Å². The number of hydrogen-bond donors (Lipinski definition) is 0. The van der Waals surface area contributed by atoms with E-state index < -0.39 is 24.4 Å². The van der Waals surface area contributed by atoms with Crippen LogP contribution in [0.3, 0.4) is 0 Å². The molecule has 0 N–H and O–H groups in total. The maximum absolute atomic E-state index is 12.7. The average Bonchev–Trinajstić information content (AvgIpc) is 2.15. The Morgan fingerprint density at radius 3 is 1.59 bits per heavy atom. The first-order valence-corrected chi connectivity index (χ1v) is 5.18. The van der Waals surface area contributed by atoms with Crippen LogP contribution in [0.2, 0.25) is 0 Å². The highest BCUT2D eigenvalue weighted by atomic mass is 19.4. The van der Waals surface area contributed by atoms with Gasteiger partial charge in [-0.1, -0.05) is 32.6 Å². The topological polar surface area (TPSA) is 0 Å². The lowest BCUT2D eigenvalue weighted by Crippen LogP contribution is -2.51. The Bertz CT molecular complexity index is 219. The molecule has 0 rings (SSSR count). The van der Waals surface area contributed by atoms with Crippen LogP contribution in [0.15, 0.2) is 0 Å². The molecule has 0 aliphatic rings. The minimum absolute atomic E-state index is 0.193. The third-order valence-corrected chi connectivity index (χ3v) is 2.31. The van der Waals surface area contributed by atoms with E-state index in [1.54, 1.807) is 0 Å². The van der Waals surface area contributed by atoms with Crippen LogP contribution in [0.4, 0.5) is 30.7 Å². The van der Waals surface area contributed by atoms with Gasteiger partial charge in [-0.25, -0.2) is 0 Å². The van der Waals surface area contributed by atoms with Gasteiger partial charge in [-0.05, 0) is 6.42 Å². The summed E-state index contributed by atoms with van der Waals surface area (Å²) in [5, 5.41) is 0. The van der Waals surface area contributed by atoms with Crippen molar-refractivity contribution in [1.29, 1.82) is 0 Å². The summed E-state index contributed by atoms with van der Waals surface area (Å²) in [6.45, 7) is 3.49. The van der Waals surface area contributed by atoms with E-state index in [1.165, 1.54) is 0 Å². The Morgan fingerprint density at radius 2 is 1.18 bits per heavy atom. The summed E-state index contributed by atoms with van der Waals surface area (Å²) in [6.07, 6.45) is -6.13. The van der Waals surface area contributed by atoms with Crippen molar-refractivity contribution in [3.05, 3.63) is 6.92 Å². The van der Waals surface area contributed by atoms with Crippen LogP contribution < -0.4 is 0 Å². The molecule has 17 heavy (non-hydrogen) atoms. The number of alkyl halides is 7. The van der Waals surface area contributed by atoms with Gasteiger partial charge in [0.05, 0.1) is 0 Å². The standard InChI is InChI=1S/C10H14F7/c1-2-3-4-5-6-7-8(11,12)9(13,14)10(15,16)17/h1-7H2. The monoisotopic (exact) mass is 267 g/mol. The van der Waals surface area contributed by atoms with Crippen LogP contribution in [0, 0.1) is 6.92 Å². The van der Waals surface area contributed by atoms with Crippen molar-refractivity contribution in [2.75, 3.05) is 0 Å². The van der Waals surface area contributed by atoms with Crippen molar-refractivity contribution in [3.63, 3.8) is 0 Å². The summed E-state index contributed by atoms with van der Waals surface area (Å²) in [5.74, 6) is -11.0. The Kier molecular flexibility index (Phi) is 5.74. The maximum Gasteiger partial charge on any atom is 0.459 e. The van der Waals surface area contributed by atoms with Gasteiger partial charge in [0.2, 0.25) is 0 Å². The molecule has 0 nitrogen and oxygen atoms in total. The third-order valence-electron chi connectivity index (χ3n) is 2.31. The number of rotatable bonds is 7. The van der Waals surface area contributed by atoms with Crippen molar-refractivity contribution in [1.82, 2.24) is 0 Å². The summed E-state index contributed by atoms with van der Waals surface area (Å²) >= 11 is 0. The summed E-state index contributed by atoms with van der Waals surface area (Å²) in [4.78, 5) is 0. The number of hydrogen-bond acceptors (Lipinski definition) is 0. The molecule has 0 aliphatic heterocycles. The molecule has 0 unspecified atom stereocenters. The van der Waals surface area contributed by atoms with Gasteiger partial charge < -0.3 is 0 Å². The van der Waals surface area contributed by atoms with Crippen LogP contribution in [0.25, 0.3) is 0 Å². The lowest BCUT2D eigenvalue weighted by Gasteiger charge is -2.28. The highest BCUT2D eigenvalue weighted by Gasteiger charge is 2.72. The maximum atomic E-state index is 12.7. The van der Waals surface area contributed by atoms with Gasteiger partial charge >= 0.3 is 18.0 Å². The van der Waals surface area contributed by atoms with Crippen LogP contribution in [-0.4, -0.2) is 18.0 Å². The second kappa shape index (κ2) is 5.91. The molecular weight excluding hydrogens is 253 g/mol. The van der Waals surface area contributed by atoms with Gasteiger partial charge in [-0.3, -0.25) is 0 Å². The molecule has 0 aliphatic carbocycles. The molecule has 0 fully saturated rings. The fourth-order valence-corrected chi connectivity index (χ4v) is 1.24. The smallest absolute Gasteiger partial charge is 0.200 e. The van der Waals surface area contributed by atoms with Crippen molar-refractivity contribution in [2.24, 2.45) is 0 Å². The fourth-order valence-electron chi connectivity index (χ4n) is 1.24. The Morgan fingerprint density at radius 1 is 0.706 bits per heavy atom. The van der Waals surface area contributed by atoms with Gasteiger partial charge in [0.1, 0.15) is 0 Å². The minimum atomic E-state index is -6.22. The van der Waals surface area contributed by atoms with E-state index in [4.69, 9.17) is 0 Å². The van der Waals surface area contributed by atoms with E-state index in [9.17, 15) is 30.7 Å². The van der Waals surface area contributed by atoms with Crippen molar-refractivity contribution < 1.29 is 30.7 Å². The zero-order valence-corrected chi connectivity index (χ0v) is 9.10. The van der Waals surface area contributed by atoms with Crippen LogP contribution in [0.5, 0.6) is 0 Å². The molecule has 0 bridgehead atoms. The van der Waals surface area contributed by atoms with Crippen LogP contribution >= 0.6 is 0 Å². The molecular formula is C10H14F7. The van der Waals surface area contributed by atoms with Gasteiger partial charge in [-0.15, -0.1) is 0 Å². The Hall–Kier alpha value is -0.490. The predicted molar refractivity (Wildman–Crippen MR) is 49.0 cm³/mol. The largest absolute Gasteiger partial charge is 0.459 e. The van der Waals surface area contributed by atoms with Gasteiger partial charge in [0, 0.05) is 6.42 Å². The number of unbranched alkanes of at least 4 members (excludes halogenated alkanes) is 4. The average molecular weight is 267 g/mol. The molecule has 0 saturated carbocycles. The van der Waals surface area contributed by atoms with Crippen LogP contribution in [-0.2, 0) is 0 Å². The predicted octanol–water partition coefficient (Wildman–Crippen LogP) is 4.99. The minimum Gasteiger partial charge on any atom is -0.200 e. The third kappa shape index (κ3) is 4.35. The van der Waals surface area contributed by atoms with E-state index in [2.05, 4.69) is 6.92 Å². The molecule has 1 radical (unpaired) electrons. The zero-order valence-electron chi connectivity index (χ0n) is 9.10. The molecule has 0 aromatic carbocycles. The van der Waals surface area contributed by atoms with E-state index in [0.717, 1.165) is 0 Å². The lowest BCUT2D eigenvalue weighted by molar-refractivity contribution is -0.355. The van der Waals surface area contributed by atoms with E-state index >= 15 is 0 Å². The normalized spacial score (nSPS) is 14.1. The Balaban J connectivity index is 4.28. The molecule has 0 aromatic heterocycles. The first-order chi connectivity index (χ1) is 7.56. The summed E-state index contributed by atoms with van der Waals surface area (Å²) in [5.41, 5.74) is 0. The molecule has 0 heterocycles. The first kappa shape index (κ1) is 16.5. The van der Waals surface area contributed by atoms with Crippen molar-refractivity contribution in [2.45, 2.75) is 56.5 Å². The van der Waals surface area contributed by atoms with Crippen LogP contribution in [0.1, 0.15) is 38.5 Å². The highest BCUT2D eigenvalue weighted by molar-refractivity contribution is 4.90. The van der Waals surface area contributed by atoms with E-state index in [1.807, 2.05) is 0 Å². The molecule has 0 aromatic rings. The molecule has 0 atom stereocenters.